The van der Waals surface area contributed by atoms with E-state index in [0.29, 0.717) is 4.80 Å². The number of benzene rings is 2. The molecule has 0 aliphatic rings. The molecule has 3 aromatic rings. The fraction of sp³-hybridized carbons (Fsp3) is 0.333. The van der Waals surface area contributed by atoms with Gasteiger partial charge in [-0.3, -0.25) is 4.79 Å². The number of carbonyl (C=O) groups is 1. The third-order valence-electron chi connectivity index (χ3n) is 4.54. The molecule has 0 spiro atoms. The zero-order valence-corrected chi connectivity index (χ0v) is 17.9. The summed E-state index contributed by atoms with van der Waals surface area (Å²) in [6.07, 6.45) is 0.407. The number of amides is 1. The summed E-state index contributed by atoms with van der Waals surface area (Å²) in [6.45, 7) is 4.09. The van der Waals surface area contributed by atoms with Crippen LogP contribution in [0, 0.1) is 13.8 Å². The predicted molar refractivity (Wildman–Crippen MR) is 114 cm³/mol. The monoisotopic (exact) mass is 416 g/mol. The molecule has 0 radical (unpaired) electrons. The van der Waals surface area contributed by atoms with Crippen molar-refractivity contribution in [1.29, 1.82) is 0 Å². The number of hydrogen-bond acceptors (Lipinski definition) is 4. The maximum Gasteiger partial charge on any atom is 0.248 e. The first kappa shape index (κ1) is 20.5. The number of rotatable bonds is 6. The Hall–Kier alpha value is -2.25. The maximum absolute atomic E-state index is 12.3. The number of hydrogen-bond donors (Lipinski definition) is 0. The van der Waals surface area contributed by atoms with Crippen molar-refractivity contribution in [2.75, 3.05) is 5.75 Å². The highest BCUT2D eigenvalue weighted by Gasteiger charge is 2.13. The smallest absolute Gasteiger partial charge is 0.248 e. The molecule has 1 heterocycles. The molecule has 0 atom stereocenters. The van der Waals surface area contributed by atoms with Gasteiger partial charge >= 0.3 is 0 Å². The molecule has 148 valence electrons. The van der Waals surface area contributed by atoms with E-state index in [0.717, 1.165) is 21.3 Å². The van der Waals surface area contributed by atoms with Crippen LogP contribution in [0.1, 0.15) is 29.5 Å². The lowest BCUT2D eigenvalue weighted by Gasteiger charge is -2.03. The molecule has 0 N–H and O–H groups in total. The van der Waals surface area contributed by atoms with E-state index in [1.165, 1.54) is 16.9 Å². The molecule has 0 saturated heterocycles. The molecule has 0 saturated carbocycles. The molecule has 2 aromatic carbocycles. The van der Waals surface area contributed by atoms with Crippen LogP contribution in [0.5, 0.6) is 0 Å². The molecule has 0 aliphatic heterocycles. The Labute approximate surface area is 169 Å². The molecular weight excluding hydrogens is 392 g/mol. The van der Waals surface area contributed by atoms with Gasteiger partial charge in [-0.15, -0.1) is 0 Å². The highest BCUT2D eigenvalue weighted by molar-refractivity contribution is 7.90. The first-order valence-electron chi connectivity index (χ1n) is 9.14. The second kappa shape index (κ2) is 8.41. The Morgan fingerprint density at radius 3 is 2.57 bits per heavy atom. The molecule has 1 aromatic heterocycles. The van der Waals surface area contributed by atoms with E-state index in [1.54, 1.807) is 12.1 Å². The third-order valence-corrected chi connectivity index (χ3v) is 7.50. The van der Waals surface area contributed by atoms with E-state index in [-0.39, 0.29) is 30.3 Å². The largest absolute Gasteiger partial charge is 0.319 e. The Balaban J connectivity index is 1.66. The van der Waals surface area contributed by atoms with Crippen LogP contribution in [0.3, 0.4) is 0 Å². The lowest BCUT2D eigenvalue weighted by atomic mass is 10.1. The van der Waals surface area contributed by atoms with E-state index in [1.807, 2.05) is 36.7 Å². The van der Waals surface area contributed by atoms with Crippen molar-refractivity contribution in [2.45, 2.75) is 32.4 Å². The van der Waals surface area contributed by atoms with Crippen molar-refractivity contribution < 1.29 is 13.2 Å². The SMILES string of the molecule is Cc1cc(C)c2sc(=NC(=O)CCCS(=O)(=O)Cc3ccccc3)n(C)c2c1. The number of nitrogens with zero attached hydrogens (tertiary/aromatic N) is 2. The molecule has 1 amide bonds. The Kier molecular flexibility index (Phi) is 6.15. The molecule has 0 aliphatic carbocycles. The average Bonchev–Trinajstić information content (AvgIpc) is 2.92. The normalized spacial score (nSPS) is 12.6. The molecule has 0 bridgehead atoms. The summed E-state index contributed by atoms with van der Waals surface area (Å²) in [7, 11) is -1.34. The average molecular weight is 417 g/mol. The van der Waals surface area contributed by atoms with Crippen LogP contribution in [0.4, 0.5) is 0 Å². The number of sulfone groups is 1. The number of thiazole rings is 1. The third kappa shape index (κ3) is 4.97. The highest BCUT2D eigenvalue weighted by atomic mass is 32.2. The predicted octanol–water partition coefficient (Wildman–Crippen LogP) is 3.68. The molecular formula is C21H24N2O3S2. The summed E-state index contributed by atoms with van der Waals surface area (Å²) in [4.78, 5) is 17.1. The van der Waals surface area contributed by atoms with Gasteiger partial charge < -0.3 is 4.57 Å². The minimum absolute atomic E-state index is 0.00305. The zero-order valence-electron chi connectivity index (χ0n) is 16.3. The van der Waals surface area contributed by atoms with Gasteiger partial charge in [-0.05, 0) is 43.0 Å². The van der Waals surface area contributed by atoms with Crippen molar-refractivity contribution in [2.24, 2.45) is 12.0 Å². The minimum Gasteiger partial charge on any atom is -0.319 e. The molecule has 7 heteroatoms. The van der Waals surface area contributed by atoms with Gasteiger partial charge in [0.25, 0.3) is 0 Å². The second-order valence-corrected chi connectivity index (χ2v) is 10.2. The van der Waals surface area contributed by atoms with Crippen LogP contribution >= 0.6 is 11.3 Å². The van der Waals surface area contributed by atoms with Gasteiger partial charge in [0, 0.05) is 13.5 Å². The van der Waals surface area contributed by atoms with Crippen LogP contribution in [0.25, 0.3) is 10.2 Å². The standard InChI is InChI=1S/C21H24N2O3S2/c1-15-12-16(2)20-18(13-15)23(3)21(27-20)22-19(24)10-7-11-28(25,26)14-17-8-5-4-6-9-17/h4-6,8-9,12-13H,7,10-11,14H2,1-3H3. The minimum atomic E-state index is -3.24. The molecule has 3 rings (SSSR count). The van der Waals surface area contributed by atoms with Crippen molar-refractivity contribution >= 4 is 37.3 Å². The topological polar surface area (TPSA) is 68.5 Å². The van der Waals surface area contributed by atoms with Gasteiger partial charge in [-0.1, -0.05) is 47.7 Å². The van der Waals surface area contributed by atoms with Crippen molar-refractivity contribution in [1.82, 2.24) is 4.57 Å². The van der Waals surface area contributed by atoms with Gasteiger partial charge in [0.2, 0.25) is 5.91 Å². The fourth-order valence-electron chi connectivity index (χ4n) is 3.18. The second-order valence-electron chi connectivity index (χ2n) is 7.06. The van der Waals surface area contributed by atoms with Crippen molar-refractivity contribution in [3.63, 3.8) is 0 Å². The maximum atomic E-state index is 12.3. The van der Waals surface area contributed by atoms with E-state index in [2.05, 4.69) is 24.0 Å². The summed E-state index contributed by atoms with van der Waals surface area (Å²) in [5, 5.41) is 0. The molecule has 28 heavy (non-hydrogen) atoms. The quantitative estimate of drug-likeness (QED) is 0.616. The lowest BCUT2D eigenvalue weighted by Crippen LogP contribution is -2.14. The number of aryl methyl sites for hydroxylation is 3. The van der Waals surface area contributed by atoms with Crippen LogP contribution in [-0.2, 0) is 27.4 Å². The van der Waals surface area contributed by atoms with Crippen LogP contribution in [0.15, 0.2) is 47.5 Å². The van der Waals surface area contributed by atoms with Crippen LogP contribution < -0.4 is 4.80 Å². The number of aromatic nitrogens is 1. The first-order chi connectivity index (χ1) is 13.2. The van der Waals surface area contributed by atoms with E-state index in [9.17, 15) is 13.2 Å². The molecule has 5 nitrogen and oxygen atoms in total. The van der Waals surface area contributed by atoms with E-state index >= 15 is 0 Å². The zero-order chi connectivity index (χ0) is 20.3. The summed E-state index contributed by atoms with van der Waals surface area (Å²) in [6, 6.07) is 13.3. The first-order valence-corrected chi connectivity index (χ1v) is 11.8. The number of carbonyl (C=O) groups excluding carboxylic acids is 1. The summed E-state index contributed by atoms with van der Waals surface area (Å²) >= 11 is 1.49. The van der Waals surface area contributed by atoms with Crippen molar-refractivity contribution in [3.05, 3.63) is 64.0 Å². The highest BCUT2D eigenvalue weighted by Crippen LogP contribution is 2.22. The summed E-state index contributed by atoms with van der Waals surface area (Å²) in [5.74, 6) is -0.297. The Bertz CT molecular complexity index is 1170. The van der Waals surface area contributed by atoms with Gasteiger partial charge in [0.1, 0.15) is 0 Å². The van der Waals surface area contributed by atoms with Crippen molar-refractivity contribution in [3.8, 4) is 0 Å². The molecule has 0 fully saturated rings. The van der Waals surface area contributed by atoms with Gasteiger partial charge in [0.05, 0.1) is 21.7 Å². The van der Waals surface area contributed by atoms with E-state index in [4.69, 9.17) is 0 Å². The van der Waals surface area contributed by atoms with E-state index < -0.39 is 9.84 Å². The Morgan fingerprint density at radius 2 is 1.86 bits per heavy atom. The van der Waals surface area contributed by atoms with Crippen LogP contribution in [0.2, 0.25) is 0 Å². The van der Waals surface area contributed by atoms with Gasteiger partial charge in [-0.25, -0.2) is 8.42 Å². The molecule has 0 unspecified atom stereocenters. The van der Waals surface area contributed by atoms with Crippen LogP contribution in [-0.4, -0.2) is 24.6 Å². The fourth-order valence-corrected chi connectivity index (χ4v) is 5.70. The lowest BCUT2D eigenvalue weighted by molar-refractivity contribution is -0.118. The number of fused-ring (bicyclic) bond motifs is 1. The van der Waals surface area contributed by atoms with Gasteiger partial charge in [0.15, 0.2) is 14.6 Å². The van der Waals surface area contributed by atoms with Gasteiger partial charge in [-0.2, -0.15) is 4.99 Å². The summed E-state index contributed by atoms with van der Waals surface area (Å²) < 4.78 is 27.5. The Morgan fingerprint density at radius 1 is 1.14 bits per heavy atom. The summed E-state index contributed by atoms with van der Waals surface area (Å²) in [5.41, 5.74) is 4.15.